The predicted molar refractivity (Wildman–Crippen MR) is 101 cm³/mol. The number of likely N-dealkylation sites (tertiary alicyclic amines) is 2. The van der Waals surface area contributed by atoms with Crippen LogP contribution in [0.2, 0.25) is 0 Å². The summed E-state index contributed by atoms with van der Waals surface area (Å²) < 4.78 is 0. The number of rotatable bonds is 6. The molecule has 2 saturated heterocycles. The molecule has 2 unspecified atom stereocenters. The van der Waals surface area contributed by atoms with E-state index in [0.29, 0.717) is 13.0 Å². The number of amides is 3. The molecule has 3 heterocycles. The van der Waals surface area contributed by atoms with Crippen molar-refractivity contribution in [1.82, 2.24) is 14.8 Å². The Kier molecular flexibility index (Phi) is 5.49. The number of primary amides is 1. The third kappa shape index (κ3) is 4.21. The largest absolute Gasteiger partial charge is 0.370 e. The van der Waals surface area contributed by atoms with Gasteiger partial charge in [0.25, 0.3) is 0 Å². The Morgan fingerprint density at radius 1 is 1.21 bits per heavy atom. The van der Waals surface area contributed by atoms with Crippen LogP contribution in [0.4, 0.5) is 0 Å². The summed E-state index contributed by atoms with van der Waals surface area (Å²) in [7, 11) is 0. The molecule has 1 aromatic rings. The molecule has 2 N–H and O–H groups in total. The number of nitrogens with two attached hydrogens (primary N) is 1. The first-order valence-corrected chi connectivity index (χ1v) is 9.47. The van der Waals surface area contributed by atoms with Crippen LogP contribution in [0, 0.1) is 5.41 Å². The van der Waals surface area contributed by atoms with Gasteiger partial charge in [0.2, 0.25) is 17.7 Å². The van der Waals surface area contributed by atoms with Crippen molar-refractivity contribution >= 4 is 23.5 Å². The van der Waals surface area contributed by atoms with Gasteiger partial charge in [-0.25, -0.2) is 0 Å². The summed E-state index contributed by atoms with van der Waals surface area (Å²) >= 11 is 0. The van der Waals surface area contributed by atoms with Crippen LogP contribution >= 0.6 is 0 Å². The zero-order valence-corrected chi connectivity index (χ0v) is 16.3. The van der Waals surface area contributed by atoms with E-state index in [1.807, 2.05) is 19.9 Å². The maximum Gasteiger partial charge on any atom is 0.227 e. The minimum absolute atomic E-state index is 0.0306. The highest BCUT2D eigenvalue weighted by Gasteiger charge is 2.51. The molecule has 0 bridgehead atoms. The van der Waals surface area contributed by atoms with Crippen LogP contribution in [0.5, 0.6) is 0 Å². The summed E-state index contributed by atoms with van der Waals surface area (Å²) in [6, 6.07) is 2.73. The van der Waals surface area contributed by atoms with Gasteiger partial charge in [-0.05, 0) is 23.5 Å². The predicted octanol–water partition coefficient (Wildman–Crippen LogP) is 0.297. The molecule has 0 aromatic carbocycles. The van der Waals surface area contributed by atoms with Gasteiger partial charge < -0.3 is 15.5 Å². The number of hydrogen-bond donors (Lipinski definition) is 1. The van der Waals surface area contributed by atoms with E-state index in [-0.39, 0.29) is 49.4 Å². The first-order chi connectivity index (χ1) is 13.2. The zero-order chi connectivity index (χ0) is 20.5. The molecule has 2 atom stereocenters. The average Bonchev–Trinajstić information content (AvgIpc) is 3.15. The molecule has 3 rings (SSSR count). The molecule has 150 valence electrons. The van der Waals surface area contributed by atoms with E-state index in [9.17, 15) is 19.2 Å². The summed E-state index contributed by atoms with van der Waals surface area (Å²) in [6.07, 6.45) is 4.28. The average molecular weight is 386 g/mol. The standard InChI is InChI=1S/C20H26N4O4/c1-20(2,9-16(21)26)10-18(28)23-7-5-14-19(23)15(25)12-24(14)17(27)8-13-4-3-6-22-11-13/h3-4,6,11,14,19H,5,7-10,12H2,1-2H3,(H2,21,26). The molecule has 0 radical (unpaired) electrons. The Labute approximate surface area is 164 Å². The summed E-state index contributed by atoms with van der Waals surface area (Å²) in [4.78, 5) is 56.5. The highest BCUT2D eigenvalue weighted by Crippen LogP contribution is 2.33. The van der Waals surface area contributed by atoms with Crippen molar-refractivity contribution in [2.75, 3.05) is 13.1 Å². The molecule has 2 fully saturated rings. The van der Waals surface area contributed by atoms with Crippen molar-refractivity contribution in [3.05, 3.63) is 30.1 Å². The first kappa shape index (κ1) is 20.0. The molecule has 28 heavy (non-hydrogen) atoms. The van der Waals surface area contributed by atoms with Crippen LogP contribution < -0.4 is 5.73 Å². The molecule has 2 aliphatic rings. The SMILES string of the molecule is CC(C)(CC(N)=O)CC(=O)N1CCC2C1C(=O)CN2C(=O)Cc1cccnc1. The number of hydrogen-bond acceptors (Lipinski definition) is 5. The molecule has 0 saturated carbocycles. The van der Waals surface area contributed by atoms with Crippen LogP contribution in [0.1, 0.15) is 38.7 Å². The Hall–Kier alpha value is -2.77. The molecule has 2 aliphatic heterocycles. The van der Waals surface area contributed by atoms with E-state index in [4.69, 9.17) is 5.73 Å². The van der Waals surface area contributed by atoms with Crippen molar-refractivity contribution in [2.45, 2.75) is 51.6 Å². The van der Waals surface area contributed by atoms with Crippen molar-refractivity contribution in [2.24, 2.45) is 11.1 Å². The maximum atomic E-state index is 12.8. The fraction of sp³-hybridized carbons (Fsp3) is 0.550. The number of carbonyl (C=O) groups excluding carboxylic acids is 4. The normalized spacial score (nSPS) is 21.7. The number of carbonyl (C=O) groups is 4. The van der Waals surface area contributed by atoms with Gasteiger partial charge in [-0.3, -0.25) is 24.2 Å². The van der Waals surface area contributed by atoms with Gasteiger partial charge in [0.15, 0.2) is 5.78 Å². The molecular formula is C20H26N4O4. The molecule has 8 nitrogen and oxygen atoms in total. The lowest BCUT2D eigenvalue weighted by molar-refractivity contribution is -0.138. The Morgan fingerprint density at radius 2 is 1.96 bits per heavy atom. The number of aromatic nitrogens is 1. The van der Waals surface area contributed by atoms with Crippen LogP contribution in [0.25, 0.3) is 0 Å². The second kappa shape index (κ2) is 7.69. The van der Waals surface area contributed by atoms with E-state index in [0.717, 1.165) is 5.56 Å². The minimum Gasteiger partial charge on any atom is -0.370 e. The maximum absolute atomic E-state index is 12.8. The summed E-state index contributed by atoms with van der Waals surface area (Å²) in [5, 5.41) is 0. The number of pyridine rings is 1. The van der Waals surface area contributed by atoms with Gasteiger partial charge in [0.1, 0.15) is 6.04 Å². The lowest BCUT2D eigenvalue weighted by Crippen LogP contribution is -2.45. The zero-order valence-electron chi connectivity index (χ0n) is 16.3. The lowest BCUT2D eigenvalue weighted by Gasteiger charge is -2.28. The van der Waals surface area contributed by atoms with Crippen molar-refractivity contribution < 1.29 is 19.2 Å². The summed E-state index contributed by atoms with van der Waals surface area (Å²) in [5.74, 6) is -0.866. The van der Waals surface area contributed by atoms with Crippen molar-refractivity contribution in [3.8, 4) is 0 Å². The Morgan fingerprint density at radius 3 is 2.61 bits per heavy atom. The van der Waals surface area contributed by atoms with Crippen LogP contribution in [0.3, 0.4) is 0 Å². The Bertz CT molecular complexity index is 793. The topological polar surface area (TPSA) is 114 Å². The number of nitrogens with zero attached hydrogens (tertiary/aromatic N) is 3. The fourth-order valence-electron chi connectivity index (χ4n) is 4.25. The molecule has 8 heteroatoms. The lowest BCUT2D eigenvalue weighted by atomic mass is 9.84. The van der Waals surface area contributed by atoms with Crippen LogP contribution in [-0.2, 0) is 25.6 Å². The third-order valence-electron chi connectivity index (χ3n) is 5.42. The molecule has 3 amide bonds. The summed E-state index contributed by atoms with van der Waals surface area (Å²) in [6.45, 7) is 4.08. The van der Waals surface area contributed by atoms with Crippen molar-refractivity contribution in [1.29, 1.82) is 0 Å². The smallest absolute Gasteiger partial charge is 0.227 e. The van der Waals surface area contributed by atoms with E-state index >= 15 is 0 Å². The molecule has 0 spiro atoms. The van der Waals surface area contributed by atoms with Crippen LogP contribution in [0.15, 0.2) is 24.5 Å². The Balaban J connectivity index is 1.67. The van der Waals surface area contributed by atoms with E-state index in [2.05, 4.69) is 4.98 Å². The monoisotopic (exact) mass is 386 g/mol. The van der Waals surface area contributed by atoms with Gasteiger partial charge in [-0.15, -0.1) is 0 Å². The highest BCUT2D eigenvalue weighted by atomic mass is 16.2. The van der Waals surface area contributed by atoms with Crippen LogP contribution in [-0.4, -0.2) is 63.5 Å². The van der Waals surface area contributed by atoms with Gasteiger partial charge >= 0.3 is 0 Å². The molecular weight excluding hydrogens is 360 g/mol. The second-order valence-electron chi connectivity index (χ2n) is 8.40. The van der Waals surface area contributed by atoms with E-state index < -0.39 is 17.4 Å². The molecule has 1 aromatic heterocycles. The van der Waals surface area contributed by atoms with Crippen molar-refractivity contribution in [3.63, 3.8) is 0 Å². The minimum atomic E-state index is -0.588. The van der Waals surface area contributed by atoms with Gasteiger partial charge in [0, 0.05) is 31.8 Å². The fourth-order valence-corrected chi connectivity index (χ4v) is 4.25. The van der Waals surface area contributed by atoms with E-state index in [1.165, 1.54) is 0 Å². The number of ketones is 1. The third-order valence-corrected chi connectivity index (χ3v) is 5.42. The second-order valence-corrected chi connectivity index (χ2v) is 8.40. The van der Waals surface area contributed by atoms with Gasteiger partial charge in [0.05, 0.1) is 19.0 Å². The molecule has 0 aliphatic carbocycles. The van der Waals surface area contributed by atoms with Gasteiger partial charge in [-0.1, -0.05) is 19.9 Å². The van der Waals surface area contributed by atoms with E-state index in [1.54, 1.807) is 28.3 Å². The van der Waals surface area contributed by atoms with Gasteiger partial charge in [-0.2, -0.15) is 0 Å². The first-order valence-electron chi connectivity index (χ1n) is 9.47. The highest BCUT2D eigenvalue weighted by molar-refractivity contribution is 5.97. The number of fused-ring (bicyclic) bond motifs is 1. The number of Topliss-reactive ketones (excluding diaryl/α,β-unsaturated/α-hetero) is 1. The quantitative estimate of drug-likeness (QED) is 0.755. The summed E-state index contributed by atoms with van der Waals surface area (Å²) in [5.41, 5.74) is 5.49.